The summed E-state index contributed by atoms with van der Waals surface area (Å²) in [6.07, 6.45) is 3.27. The van der Waals surface area contributed by atoms with Crippen LogP contribution < -0.4 is 15.5 Å². The first kappa shape index (κ1) is 19.6. The highest BCUT2D eigenvalue weighted by Crippen LogP contribution is 2.31. The summed E-state index contributed by atoms with van der Waals surface area (Å²) in [4.78, 5) is 7.15. The number of benzene rings is 1. The molecule has 5 heteroatoms. The zero-order chi connectivity index (χ0) is 17.9. The maximum atomic E-state index is 5.36. The van der Waals surface area contributed by atoms with Gasteiger partial charge in [0.2, 0.25) is 0 Å². The molecule has 0 saturated carbocycles. The molecular weight excluding hydrogens is 312 g/mol. The zero-order valence-corrected chi connectivity index (χ0v) is 16.1. The molecular formula is C20H34N4O. The van der Waals surface area contributed by atoms with Gasteiger partial charge >= 0.3 is 0 Å². The molecule has 1 heterocycles. The summed E-state index contributed by atoms with van der Waals surface area (Å²) in [5.74, 6) is 0.916. The van der Waals surface area contributed by atoms with Crippen LogP contribution in [-0.4, -0.2) is 51.4 Å². The normalized spacial score (nSPS) is 16.8. The van der Waals surface area contributed by atoms with Gasteiger partial charge in [0.25, 0.3) is 0 Å². The van der Waals surface area contributed by atoms with E-state index < -0.39 is 0 Å². The summed E-state index contributed by atoms with van der Waals surface area (Å²) in [6.45, 7) is 11.7. The van der Waals surface area contributed by atoms with Gasteiger partial charge in [-0.05, 0) is 51.7 Å². The number of nitrogens with one attached hydrogen (secondary N) is 2. The highest BCUT2D eigenvalue weighted by Gasteiger charge is 2.24. The second-order valence-corrected chi connectivity index (χ2v) is 6.47. The van der Waals surface area contributed by atoms with Crippen LogP contribution in [0.2, 0.25) is 0 Å². The van der Waals surface area contributed by atoms with Gasteiger partial charge in [-0.15, -0.1) is 0 Å². The average Bonchev–Trinajstić information content (AvgIpc) is 2.93. The minimum absolute atomic E-state index is 0.567. The summed E-state index contributed by atoms with van der Waals surface area (Å²) in [5, 5.41) is 6.80. The van der Waals surface area contributed by atoms with Crippen LogP contribution in [0.15, 0.2) is 29.3 Å². The number of anilines is 1. The maximum Gasteiger partial charge on any atom is 0.191 e. The molecule has 1 aliphatic rings. The van der Waals surface area contributed by atoms with Crippen LogP contribution >= 0.6 is 0 Å². The van der Waals surface area contributed by atoms with Crippen molar-refractivity contribution in [2.45, 2.75) is 46.1 Å². The van der Waals surface area contributed by atoms with E-state index in [9.17, 15) is 0 Å². The number of guanidine groups is 1. The van der Waals surface area contributed by atoms with E-state index in [1.54, 1.807) is 0 Å². The summed E-state index contributed by atoms with van der Waals surface area (Å²) in [5.41, 5.74) is 2.85. The molecule has 0 spiro atoms. The zero-order valence-electron chi connectivity index (χ0n) is 16.1. The maximum absolute atomic E-state index is 5.36. The average molecular weight is 347 g/mol. The lowest BCUT2D eigenvalue weighted by Gasteiger charge is -2.25. The molecule has 1 atom stereocenters. The lowest BCUT2D eigenvalue weighted by Crippen LogP contribution is -2.43. The highest BCUT2D eigenvalue weighted by atomic mass is 16.5. The van der Waals surface area contributed by atoms with E-state index >= 15 is 0 Å². The Labute approximate surface area is 152 Å². The van der Waals surface area contributed by atoms with Gasteiger partial charge in [-0.2, -0.15) is 0 Å². The molecule has 1 unspecified atom stereocenters. The van der Waals surface area contributed by atoms with E-state index in [0.717, 1.165) is 64.6 Å². The molecule has 1 aliphatic heterocycles. The number of hydrogen-bond acceptors (Lipinski definition) is 3. The molecule has 0 aromatic heterocycles. The predicted octanol–water partition coefficient (Wildman–Crippen LogP) is 2.81. The van der Waals surface area contributed by atoms with Crippen LogP contribution in [0.25, 0.3) is 0 Å². The predicted molar refractivity (Wildman–Crippen MR) is 107 cm³/mol. The van der Waals surface area contributed by atoms with Crippen molar-refractivity contribution in [1.29, 1.82) is 0 Å². The second kappa shape index (κ2) is 11.0. The summed E-state index contributed by atoms with van der Waals surface area (Å²) >= 11 is 0. The third-order valence-electron chi connectivity index (χ3n) is 4.51. The number of ether oxygens (including phenoxy) is 1. The molecule has 5 nitrogen and oxygen atoms in total. The van der Waals surface area contributed by atoms with Crippen LogP contribution in [0.5, 0.6) is 0 Å². The van der Waals surface area contributed by atoms with E-state index in [4.69, 9.17) is 4.74 Å². The molecule has 1 aromatic carbocycles. The van der Waals surface area contributed by atoms with Gasteiger partial charge in [0.1, 0.15) is 0 Å². The topological polar surface area (TPSA) is 48.9 Å². The molecule has 0 fully saturated rings. The number of rotatable bonds is 10. The molecule has 0 aliphatic carbocycles. The van der Waals surface area contributed by atoms with Crippen LogP contribution in [0, 0.1) is 0 Å². The lowest BCUT2D eigenvalue weighted by atomic mass is 10.1. The van der Waals surface area contributed by atoms with E-state index in [-0.39, 0.29) is 0 Å². The number of hydrogen-bond donors (Lipinski definition) is 2. The standard InChI is InChI=1S/C20H34N4O/c1-4-21-20(22-12-8-9-15-25-5-2)23-13-14-24-17(3)16-18-10-6-7-11-19(18)24/h6-7,10-11,17H,4-5,8-9,12-16H2,1-3H3,(H2,21,22,23). The molecule has 2 N–H and O–H groups in total. The van der Waals surface area contributed by atoms with Crippen LogP contribution in [0.1, 0.15) is 39.2 Å². The Balaban J connectivity index is 1.75. The number of unbranched alkanes of at least 4 members (excludes halogenated alkanes) is 1. The third kappa shape index (κ3) is 6.24. The lowest BCUT2D eigenvalue weighted by molar-refractivity contribution is 0.144. The Bertz CT molecular complexity index is 532. The summed E-state index contributed by atoms with van der Waals surface area (Å²) in [6, 6.07) is 9.31. The molecule has 1 aromatic rings. The van der Waals surface area contributed by atoms with Gasteiger partial charge in [0.15, 0.2) is 5.96 Å². The molecule has 25 heavy (non-hydrogen) atoms. The van der Waals surface area contributed by atoms with E-state index in [2.05, 4.69) is 58.6 Å². The number of fused-ring (bicyclic) bond motifs is 1. The summed E-state index contributed by atoms with van der Waals surface area (Å²) in [7, 11) is 0. The van der Waals surface area contributed by atoms with Gasteiger partial charge in [-0.1, -0.05) is 18.2 Å². The molecule has 0 radical (unpaired) electrons. The minimum Gasteiger partial charge on any atom is -0.382 e. The quantitative estimate of drug-likeness (QED) is 0.389. The SMILES string of the molecule is CCNC(=NCCCCOCC)NCCN1c2ccccc2CC1C. The van der Waals surface area contributed by atoms with Gasteiger partial charge in [0, 0.05) is 51.1 Å². The van der Waals surface area contributed by atoms with Crippen molar-refractivity contribution in [3.05, 3.63) is 29.8 Å². The van der Waals surface area contributed by atoms with Crippen molar-refractivity contribution in [3.63, 3.8) is 0 Å². The summed E-state index contributed by atoms with van der Waals surface area (Å²) < 4.78 is 5.36. The first-order valence-electron chi connectivity index (χ1n) is 9.70. The number of aliphatic imine (C=N–C) groups is 1. The fourth-order valence-corrected chi connectivity index (χ4v) is 3.26. The molecule has 2 rings (SSSR count). The van der Waals surface area contributed by atoms with Crippen LogP contribution in [-0.2, 0) is 11.2 Å². The molecule has 0 bridgehead atoms. The smallest absolute Gasteiger partial charge is 0.191 e. The Morgan fingerprint density at radius 2 is 2.08 bits per heavy atom. The van der Waals surface area contributed by atoms with E-state index in [1.807, 2.05) is 6.92 Å². The van der Waals surface area contributed by atoms with Crippen molar-refractivity contribution in [3.8, 4) is 0 Å². The third-order valence-corrected chi connectivity index (χ3v) is 4.51. The Kier molecular flexibility index (Phi) is 8.60. The first-order chi connectivity index (χ1) is 12.3. The van der Waals surface area contributed by atoms with Gasteiger partial charge in [-0.3, -0.25) is 4.99 Å². The fourth-order valence-electron chi connectivity index (χ4n) is 3.26. The van der Waals surface area contributed by atoms with Crippen LogP contribution in [0.4, 0.5) is 5.69 Å². The number of nitrogens with zero attached hydrogens (tertiary/aromatic N) is 2. The first-order valence-corrected chi connectivity index (χ1v) is 9.70. The van der Waals surface area contributed by atoms with Crippen molar-refractivity contribution >= 4 is 11.6 Å². The van der Waals surface area contributed by atoms with E-state index in [0.29, 0.717) is 6.04 Å². The Morgan fingerprint density at radius 3 is 2.88 bits per heavy atom. The minimum atomic E-state index is 0.567. The van der Waals surface area contributed by atoms with Gasteiger partial charge < -0.3 is 20.3 Å². The van der Waals surface area contributed by atoms with Gasteiger partial charge in [-0.25, -0.2) is 0 Å². The van der Waals surface area contributed by atoms with E-state index in [1.165, 1.54) is 11.3 Å². The van der Waals surface area contributed by atoms with Gasteiger partial charge in [0.05, 0.1) is 0 Å². The molecule has 0 amide bonds. The highest BCUT2D eigenvalue weighted by molar-refractivity contribution is 5.79. The van der Waals surface area contributed by atoms with Crippen molar-refractivity contribution in [2.24, 2.45) is 4.99 Å². The Morgan fingerprint density at radius 1 is 1.24 bits per heavy atom. The largest absolute Gasteiger partial charge is 0.382 e. The number of para-hydroxylation sites is 1. The molecule has 140 valence electrons. The fraction of sp³-hybridized carbons (Fsp3) is 0.650. The Hall–Kier alpha value is -1.75. The van der Waals surface area contributed by atoms with Crippen LogP contribution in [0.3, 0.4) is 0 Å². The van der Waals surface area contributed by atoms with Crippen molar-refractivity contribution in [2.75, 3.05) is 44.3 Å². The van der Waals surface area contributed by atoms with Crippen molar-refractivity contribution < 1.29 is 4.74 Å². The monoisotopic (exact) mass is 346 g/mol. The van der Waals surface area contributed by atoms with Crippen molar-refractivity contribution in [1.82, 2.24) is 10.6 Å². The second-order valence-electron chi connectivity index (χ2n) is 6.47. The molecule has 0 saturated heterocycles.